The highest BCUT2D eigenvalue weighted by atomic mass is 28.3. The van der Waals surface area contributed by atoms with E-state index in [2.05, 4.69) is 138 Å². The summed E-state index contributed by atoms with van der Waals surface area (Å²) < 4.78 is 0. The summed E-state index contributed by atoms with van der Waals surface area (Å²) in [6.45, 7) is 14.8. The lowest BCUT2D eigenvalue weighted by Crippen LogP contribution is -2.39. The van der Waals surface area contributed by atoms with Gasteiger partial charge in [-0.1, -0.05) is 132 Å². The van der Waals surface area contributed by atoms with Crippen molar-refractivity contribution in [1.29, 1.82) is 0 Å². The van der Waals surface area contributed by atoms with Crippen LogP contribution in [-0.2, 0) is 0 Å². The molecule has 4 aromatic rings. The molecule has 0 aliphatic heterocycles. The van der Waals surface area contributed by atoms with Crippen molar-refractivity contribution in [1.82, 2.24) is 0 Å². The molecule has 2 unspecified atom stereocenters. The molecule has 6 rings (SSSR count). The van der Waals surface area contributed by atoms with Crippen LogP contribution < -0.4 is 0 Å². The van der Waals surface area contributed by atoms with Gasteiger partial charge in [0.25, 0.3) is 0 Å². The molecule has 0 N–H and O–H groups in total. The van der Waals surface area contributed by atoms with Crippen LogP contribution in [-0.4, -0.2) is 8.07 Å². The number of hydrogen-bond acceptors (Lipinski definition) is 0. The number of rotatable bonds is 4. The second kappa shape index (κ2) is 8.85. The number of benzene rings is 4. The van der Waals surface area contributed by atoms with E-state index >= 15 is 0 Å². The maximum atomic E-state index is 2.63. The fourth-order valence-corrected chi connectivity index (χ4v) is 13.2. The van der Waals surface area contributed by atoms with Crippen molar-refractivity contribution >= 4 is 40.8 Å². The van der Waals surface area contributed by atoms with Crippen molar-refractivity contribution in [3.8, 4) is 0 Å². The maximum Gasteiger partial charge on any atom is 0.0713 e. The van der Waals surface area contributed by atoms with E-state index in [1.54, 1.807) is 11.1 Å². The SMILES string of the molecule is CC1=CC(c2cccc3ccccc23)=C(C)C1[Si](C)(C)C1C(C)=CC(c2cccc3ccccc23)=C1C. The highest BCUT2D eigenvalue weighted by Crippen LogP contribution is 2.56. The first kappa shape index (κ1) is 23.9. The van der Waals surface area contributed by atoms with E-state index in [9.17, 15) is 0 Å². The first-order valence-corrected chi connectivity index (χ1v) is 16.7. The Morgan fingerprint density at radius 2 is 0.865 bits per heavy atom. The van der Waals surface area contributed by atoms with Gasteiger partial charge in [0.1, 0.15) is 0 Å². The lowest BCUT2D eigenvalue weighted by atomic mass is 9.96. The third-order valence-corrected chi connectivity index (χ3v) is 13.8. The zero-order valence-corrected chi connectivity index (χ0v) is 23.9. The number of hydrogen-bond donors (Lipinski definition) is 0. The molecule has 0 radical (unpaired) electrons. The van der Waals surface area contributed by atoms with Gasteiger partial charge in [-0.25, -0.2) is 0 Å². The Morgan fingerprint density at radius 3 is 1.30 bits per heavy atom. The minimum atomic E-state index is -1.83. The minimum absolute atomic E-state index is 0.539. The summed E-state index contributed by atoms with van der Waals surface area (Å²) in [7, 11) is -1.83. The van der Waals surface area contributed by atoms with Crippen molar-refractivity contribution < 1.29 is 0 Å². The number of fused-ring (bicyclic) bond motifs is 2. The predicted molar refractivity (Wildman–Crippen MR) is 166 cm³/mol. The standard InChI is InChI=1S/C36H36Si/c1-23-21-33(31-19-11-15-27-13-7-9-17-29(27)31)25(3)35(23)37(5,6)36-24(2)22-34(26(36)4)32-20-12-16-28-14-8-10-18-30(28)32/h7-22,35-36H,1-6H3. The molecule has 37 heavy (non-hydrogen) atoms. The minimum Gasteiger partial charge on any atom is -0.0682 e. The van der Waals surface area contributed by atoms with E-state index in [1.807, 2.05) is 0 Å². The summed E-state index contributed by atoms with van der Waals surface area (Å²) in [6, 6.07) is 31.1. The van der Waals surface area contributed by atoms with E-state index in [0.717, 1.165) is 0 Å². The Hall–Kier alpha value is -3.42. The van der Waals surface area contributed by atoms with E-state index in [1.165, 1.54) is 55.0 Å². The van der Waals surface area contributed by atoms with Gasteiger partial charge in [-0.15, -0.1) is 0 Å². The van der Waals surface area contributed by atoms with Crippen molar-refractivity contribution in [2.45, 2.75) is 51.9 Å². The monoisotopic (exact) mass is 496 g/mol. The Morgan fingerprint density at radius 1 is 0.486 bits per heavy atom. The van der Waals surface area contributed by atoms with E-state index < -0.39 is 8.07 Å². The maximum absolute atomic E-state index is 2.63. The molecule has 0 spiro atoms. The van der Waals surface area contributed by atoms with Crippen LogP contribution in [0.15, 0.2) is 119 Å². The highest BCUT2D eigenvalue weighted by molar-refractivity contribution is 6.83. The average Bonchev–Trinajstić information content (AvgIpc) is 3.37. The van der Waals surface area contributed by atoms with Gasteiger partial charge in [-0.05, 0) is 82.6 Å². The molecule has 0 saturated carbocycles. The molecule has 2 aliphatic carbocycles. The molecular weight excluding hydrogens is 460 g/mol. The van der Waals surface area contributed by atoms with Crippen LogP contribution in [0.5, 0.6) is 0 Å². The van der Waals surface area contributed by atoms with Gasteiger partial charge < -0.3 is 0 Å². The molecule has 1 heteroatoms. The molecule has 2 aliphatic rings. The average molecular weight is 497 g/mol. The Balaban J connectivity index is 1.45. The van der Waals surface area contributed by atoms with E-state index in [0.29, 0.717) is 11.1 Å². The van der Waals surface area contributed by atoms with Gasteiger partial charge in [-0.2, -0.15) is 0 Å². The van der Waals surface area contributed by atoms with Crippen molar-refractivity contribution in [2.24, 2.45) is 0 Å². The van der Waals surface area contributed by atoms with Gasteiger partial charge in [0.05, 0.1) is 8.07 Å². The first-order valence-electron chi connectivity index (χ1n) is 13.5. The van der Waals surface area contributed by atoms with E-state index in [-0.39, 0.29) is 0 Å². The van der Waals surface area contributed by atoms with Crippen LogP contribution in [0.2, 0.25) is 24.2 Å². The smallest absolute Gasteiger partial charge is 0.0682 e. The molecule has 4 aromatic carbocycles. The Kier molecular flexibility index (Phi) is 5.73. The molecule has 0 fully saturated rings. The second-order valence-electron chi connectivity index (χ2n) is 11.7. The quantitative estimate of drug-likeness (QED) is 0.246. The summed E-state index contributed by atoms with van der Waals surface area (Å²) >= 11 is 0. The zero-order chi connectivity index (χ0) is 25.9. The Bertz CT molecular complexity index is 1550. The van der Waals surface area contributed by atoms with Crippen LogP contribution in [0, 0.1) is 0 Å². The topological polar surface area (TPSA) is 0 Å². The molecule has 184 valence electrons. The first-order chi connectivity index (χ1) is 17.8. The fraction of sp³-hybridized carbons (Fsp3) is 0.222. The van der Waals surface area contributed by atoms with Crippen LogP contribution in [0.4, 0.5) is 0 Å². The summed E-state index contributed by atoms with van der Waals surface area (Å²) in [5.41, 5.74) is 12.9. The summed E-state index contributed by atoms with van der Waals surface area (Å²) in [4.78, 5) is 0. The van der Waals surface area contributed by atoms with Crippen LogP contribution in [0.1, 0.15) is 38.8 Å². The normalized spacial score (nSPS) is 20.3. The van der Waals surface area contributed by atoms with Crippen molar-refractivity contribution in [3.63, 3.8) is 0 Å². The van der Waals surface area contributed by atoms with Gasteiger partial charge in [0.15, 0.2) is 0 Å². The highest BCUT2D eigenvalue weighted by Gasteiger charge is 2.46. The summed E-state index contributed by atoms with van der Waals surface area (Å²) in [6.07, 6.45) is 4.99. The van der Waals surface area contributed by atoms with E-state index in [4.69, 9.17) is 0 Å². The van der Waals surface area contributed by atoms with Crippen LogP contribution >= 0.6 is 0 Å². The molecule has 0 aromatic heterocycles. The largest absolute Gasteiger partial charge is 0.0713 e. The van der Waals surface area contributed by atoms with Crippen LogP contribution in [0.3, 0.4) is 0 Å². The molecule has 0 amide bonds. The third kappa shape index (κ3) is 3.71. The molecule has 2 atom stereocenters. The predicted octanol–water partition coefficient (Wildman–Crippen LogP) is 10.6. The molecule has 0 nitrogen and oxygen atoms in total. The number of allylic oxidation sites excluding steroid dienone is 8. The fourth-order valence-electron chi connectivity index (χ4n) is 7.80. The van der Waals surface area contributed by atoms with Gasteiger partial charge >= 0.3 is 0 Å². The lowest BCUT2D eigenvalue weighted by molar-refractivity contribution is 0.986. The van der Waals surface area contributed by atoms with Gasteiger partial charge in [-0.3, -0.25) is 0 Å². The Labute approximate surface area is 222 Å². The zero-order valence-electron chi connectivity index (χ0n) is 22.9. The molecule has 0 bridgehead atoms. The summed E-state index contributed by atoms with van der Waals surface area (Å²) in [5.74, 6) is 0. The molecule has 0 heterocycles. The van der Waals surface area contributed by atoms with Crippen LogP contribution in [0.25, 0.3) is 32.7 Å². The van der Waals surface area contributed by atoms with Crippen molar-refractivity contribution in [2.75, 3.05) is 0 Å². The third-order valence-electron chi connectivity index (χ3n) is 9.02. The summed E-state index contributed by atoms with van der Waals surface area (Å²) in [5, 5.41) is 5.35. The van der Waals surface area contributed by atoms with Gasteiger partial charge in [0.2, 0.25) is 0 Å². The van der Waals surface area contributed by atoms with Crippen molar-refractivity contribution in [3.05, 3.63) is 131 Å². The molecular formula is C36H36Si. The van der Waals surface area contributed by atoms with Gasteiger partial charge in [0, 0.05) is 0 Å². The second-order valence-corrected chi connectivity index (χ2v) is 16.5. The molecule has 0 saturated heterocycles. The lowest BCUT2D eigenvalue weighted by Gasteiger charge is -2.40.